The number of aromatic nitrogens is 1. The van der Waals surface area contributed by atoms with Crippen molar-refractivity contribution in [3.05, 3.63) is 42.2 Å². The molecule has 0 aromatic carbocycles. The topological polar surface area (TPSA) is 62.3 Å². The summed E-state index contributed by atoms with van der Waals surface area (Å²) in [5, 5.41) is 3.13. The summed E-state index contributed by atoms with van der Waals surface area (Å²) in [6.45, 7) is 5.45. The number of pyridine rings is 1. The predicted octanol–water partition coefficient (Wildman–Crippen LogP) is 4.34. The van der Waals surface area contributed by atoms with Crippen molar-refractivity contribution < 1.29 is 9.59 Å². The van der Waals surface area contributed by atoms with Crippen molar-refractivity contribution in [2.75, 3.05) is 7.05 Å². The Kier molecular flexibility index (Phi) is 5.42. The van der Waals surface area contributed by atoms with Crippen molar-refractivity contribution >= 4 is 11.8 Å². The molecule has 1 aromatic rings. The van der Waals surface area contributed by atoms with Crippen molar-refractivity contribution in [3.8, 4) is 0 Å². The number of carbonyl (C=O) groups is 2. The fourth-order valence-electron chi connectivity index (χ4n) is 8.18. The van der Waals surface area contributed by atoms with Crippen LogP contribution in [0.2, 0.25) is 0 Å². The smallest absolute Gasteiger partial charge is 0.246 e. The van der Waals surface area contributed by atoms with Crippen LogP contribution in [0.5, 0.6) is 0 Å². The SMILES string of the molecule is CN1C(=O)C=C[C@]2(C)C3CC[C@@]4(C)C(CC[C@@H]4CC(=O)NCc4ccncc4)C3CCC12. The number of fused-ring (bicyclic) bond motifs is 5. The minimum Gasteiger partial charge on any atom is -0.352 e. The van der Waals surface area contributed by atoms with Crippen LogP contribution in [0.1, 0.15) is 64.4 Å². The Hall–Kier alpha value is -2.17. The van der Waals surface area contributed by atoms with Gasteiger partial charge in [0.25, 0.3) is 0 Å². The van der Waals surface area contributed by atoms with Gasteiger partial charge in [-0.3, -0.25) is 14.6 Å². The number of hydrogen-bond donors (Lipinski definition) is 1. The first-order valence-corrected chi connectivity index (χ1v) is 12.4. The molecule has 3 fully saturated rings. The van der Waals surface area contributed by atoms with Crippen LogP contribution >= 0.6 is 0 Å². The molecule has 4 aliphatic rings. The number of rotatable bonds is 4. The molecule has 1 N–H and O–H groups in total. The Morgan fingerprint density at radius 1 is 1.12 bits per heavy atom. The molecule has 0 bridgehead atoms. The van der Waals surface area contributed by atoms with E-state index >= 15 is 0 Å². The first-order valence-electron chi connectivity index (χ1n) is 12.4. The van der Waals surface area contributed by atoms with Crippen molar-refractivity contribution in [1.82, 2.24) is 15.2 Å². The highest BCUT2D eigenvalue weighted by Crippen LogP contribution is 2.65. The van der Waals surface area contributed by atoms with E-state index in [1.807, 2.05) is 30.2 Å². The molecule has 3 saturated carbocycles. The van der Waals surface area contributed by atoms with Crippen LogP contribution in [-0.4, -0.2) is 34.8 Å². The van der Waals surface area contributed by atoms with Crippen LogP contribution in [0.3, 0.4) is 0 Å². The minimum absolute atomic E-state index is 0.0902. The van der Waals surface area contributed by atoms with E-state index in [2.05, 4.69) is 30.2 Å². The van der Waals surface area contributed by atoms with Crippen LogP contribution in [0.4, 0.5) is 0 Å². The lowest BCUT2D eigenvalue weighted by Gasteiger charge is -2.60. The van der Waals surface area contributed by atoms with E-state index in [1.165, 1.54) is 32.1 Å². The third kappa shape index (κ3) is 3.39. The molecule has 32 heavy (non-hydrogen) atoms. The van der Waals surface area contributed by atoms with E-state index in [4.69, 9.17) is 0 Å². The van der Waals surface area contributed by atoms with E-state index in [-0.39, 0.29) is 22.6 Å². The Labute approximate surface area is 192 Å². The van der Waals surface area contributed by atoms with Gasteiger partial charge >= 0.3 is 0 Å². The summed E-state index contributed by atoms with van der Waals surface area (Å²) in [6.07, 6.45) is 15.4. The lowest BCUT2D eigenvalue weighted by Crippen LogP contribution is -2.59. The molecule has 7 atom stereocenters. The summed E-state index contributed by atoms with van der Waals surface area (Å²) < 4.78 is 0. The van der Waals surface area contributed by atoms with Gasteiger partial charge < -0.3 is 10.2 Å². The molecule has 0 radical (unpaired) electrons. The zero-order valence-corrected chi connectivity index (χ0v) is 19.7. The molecule has 2 amide bonds. The number of likely N-dealkylation sites (N-methyl/N-ethyl adjacent to an activating group) is 1. The van der Waals surface area contributed by atoms with Crippen LogP contribution < -0.4 is 5.32 Å². The normalized spacial score (nSPS) is 40.4. The van der Waals surface area contributed by atoms with E-state index < -0.39 is 0 Å². The van der Waals surface area contributed by atoms with Gasteiger partial charge in [-0.15, -0.1) is 0 Å². The zero-order valence-electron chi connectivity index (χ0n) is 19.7. The maximum atomic E-state index is 12.8. The molecule has 5 rings (SSSR count). The molecular weight excluding hydrogens is 398 g/mol. The molecule has 5 nitrogen and oxygen atoms in total. The highest BCUT2D eigenvalue weighted by molar-refractivity contribution is 5.89. The summed E-state index contributed by atoms with van der Waals surface area (Å²) >= 11 is 0. The second-order valence-corrected chi connectivity index (χ2v) is 11.3. The van der Waals surface area contributed by atoms with Crippen LogP contribution in [0.25, 0.3) is 0 Å². The first kappa shape index (κ1) is 21.7. The van der Waals surface area contributed by atoms with E-state index in [0.717, 1.165) is 12.0 Å². The van der Waals surface area contributed by atoms with Crippen LogP contribution in [0.15, 0.2) is 36.7 Å². The van der Waals surface area contributed by atoms with Gasteiger partial charge in [-0.05, 0) is 91.4 Å². The quantitative estimate of drug-likeness (QED) is 0.765. The number of nitrogens with one attached hydrogen (secondary N) is 1. The largest absolute Gasteiger partial charge is 0.352 e. The van der Waals surface area contributed by atoms with Crippen molar-refractivity contribution in [3.63, 3.8) is 0 Å². The van der Waals surface area contributed by atoms with Gasteiger partial charge in [0.05, 0.1) is 0 Å². The second kappa shape index (κ2) is 8.00. The van der Waals surface area contributed by atoms with E-state index in [1.54, 1.807) is 12.4 Å². The van der Waals surface area contributed by atoms with Gasteiger partial charge in [0.1, 0.15) is 0 Å². The molecule has 1 aromatic heterocycles. The van der Waals surface area contributed by atoms with E-state index in [0.29, 0.717) is 42.7 Å². The molecule has 0 spiro atoms. The van der Waals surface area contributed by atoms with E-state index in [9.17, 15) is 9.59 Å². The van der Waals surface area contributed by atoms with Gasteiger partial charge in [-0.2, -0.15) is 0 Å². The average Bonchev–Trinajstić information content (AvgIpc) is 3.12. The number of amides is 2. The summed E-state index contributed by atoms with van der Waals surface area (Å²) in [4.78, 5) is 31.1. The minimum atomic E-state index is 0.0902. The van der Waals surface area contributed by atoms with Gasteiger partial charge in [0.15, 0.2) is 0 Å². The predicted molar refractivity (Wildman–Crippen MR) is 124 cm³/mol. The maximum absolute atomic E-state index is 12.8. The number of carbonyl (C=O) groups excluding carboxylic acids is 2. The summed E-state index contributed by atoms with van der Waals surface area (Å²) in [6, 6.07) is 4.24. The third-order valence-corrected chi connectivity index (χ3v) is 9.99. The van der Waals surface area contributed by atoms with Gasteiger partial charge in [-0.1, -0.05) is 19.9 Å². The van der Waals surface area contributed by atoms with Crippen LogP contribution in [-0.2, 0) is 16.1 Å². The zero-order chi connectivity index (χ0) is 22.5. The van der Waals surface area contributed by atoms with Gasteiger partial charge in [0.2, 0.25) is 11.8 Å². The Balaban J connectivity index is 1.27. The second-order valence-electron chi connectivity index (χ2n) is 11.3. The average molecular weight is 436 g/mol. The monoisotopic (exact) mass is 435 g/mol. The summed E-state index contributed by atoms with van der Waals surface area (Å²) in [5.41, 5.74) is 1.45. The fourth-order valence-corrected chi connectivity index (χ4v) is 8.18. The lowest BCUT2D eigenvalue weighted by molar-refractivity contribution is -0.139. The number of hydrogen-bond acceptors (Lipinski definition) is 3. The van der Waals surface area contributed by atoms with Crippen LogP contribution in [0, 0.1) is 34.5 Å². The molecule has 3 aliphatic carbocycles. The molecule has 0 saturated heterocycles. The molecule has 4 unspecified atom stereocenters. The molecule has 1 aliphatic heterocycles. The third-order valence-electron chi connectivity index (χ3n) is 9.99. The molecular formula is C27H37N3O2. The number of nitrogens with zero attached hydrogens (tertiary/aromatic N) is 2. The van der Waals surface area contributed by atoms with Gasteiger partial charge in [-0.25, -0.2) is 0 Å². The fraction of sp³-hybridized carbons (Fsp3) is 0.667. The highest BCUT2D eigenvalue weighted by atomic mass is 16.2. The Morgan fingerprint density at radius 2 is 1.91 bits per heavy atom. The first-order chi connectivity index (χ1) is 15.3. The Bertz CT molecular complexity index is 915. The molecule has 5 heteroatoms. The van der Waals surface area contributed by atoms with Crippen molar-refractivity contribution in [1.29, 1.82) is 0 Å². The lowest BCUT2D eigenvalue weighted by atomic mass is 9.47. The molecule has 2 heterocycles. The molecule has 172 valence electrons. The summed E-state index contributed by atoms with van der Waals surface area (Å²) in [5.74, 6) is 2.87. The van der Waals surface area contributed by atoms with Crippen molar-refractivity contribution in [2.24, 2.45) is 34.5 Å². The Morgan fingerprint density at radius 3 is 2.69 bits per heavy atom. The highest BCUT2D eigenvalue weighted by Gasteiger charge is 2.60. The standard InChI is InChI=1S/C27H37N3O2/c1-26-12-8-22-20(5-7-23-27(22,2)13-9-25(32)30(23)3)21(26)6-4-19(26)16-24(31)29-17-18-10-14-28-15-11-18/h9-11,13-15,19-23H,4-8,12,16-17H2,1-3H3,(H,29,31)/t19-,20?,21?,22?,23?,26-,27-/m1/s1. The van der Waals surface area contributed by atoms with Gasteiger partial charge in [0, 0.05) is 43.9 Å². The maximum Gasteiger partial charge on any atom is 0.246 e. The summed E-state index contributed by atoms with van der Waals surface area (Å²) in [7, 11) is 1.98. The van der Waals surface area contributed by atoms with Crippen molar-refractivity contribution in [2.45, 2.75) is 71.4 Å².